The van der Waals surface area contributed by atoms with E-state index in [0.717, 1.165) is 10.0 Å². The summed E-state index contributed by atoms with van der Waals surface area (Å²) < 4.78 is 21.2. The summed E-state index contributed by atoms with van der Waals surface area (Å²) in [5, 5.41) is 19.5. The van der Waals surface area contributed by atoms with Crippen LogP contribution in [0.3, 0.4) is 0 Å². The van der Waals surface area contributed by atoms with E-state index in [-0.39, 0.29) is 24.1 Å². The van der Waals surface area contributed by atoms with Crippen molar-refractivity contribution in [1.82, 2.24) is 4.68 Å². The lowest BCUT2D eigenvalue weighted by Gasteiger charge is -2.18. The molecule has 0 saturated carbocycles. The zero-order valence-corrected chi connectivity index (χ0v) is 19.8. The van der Waals surface area contributed by atoms with Gasteiger partial charge in [-0.15, -0.1) is 11.3 Å². The van der Waals surface area contributed by atoms with Gasteiger partial charge in [0.25, 0.3) is 5.91 Å². The first kappa shape index (κ1) is 22.1. The molecule has 0 bridgehead atoms. The van der Waals surface area contributed by atoms with Crippen molar-refractivity contribution in [2.45, 2.75) is 0 Å². The van der Waals surface area contributed by atoms with Crippen LogP contribution in [-0.2, 0) is 4.79 Å². The van der Waals surface area contributed by atoms with Crippen molar-refractivity contribution < 1.29 is 19.0 Å². The van der Waals surface area contributed by atoms with Gasteiger partial charge < -0.3 is 15.2 Å². The average Bonchev–Trinajstić information content (AvgIpc) is 3.23. The molecule has 3 aromatic carbocycles. The smallest absolute Gasteiger partial charge is 0.262 e. The third kappa shape index (κ3) is 4.63. The van der Waals surface area contributed by atoms with Gasteiger partial charge in [-0.25, -0.2) is 14.1 Å². The first-order valence-corrected chi connectivity index (χ1v) is 11.7. The van der Waals surface area contributed by atoms with Gasteiger partial charge in [-0.05, 0) is 60.7 Å². The Labute approximate surface area is 205 Å². The van der Waals surface area contributed by atoms with Gasteiger partial charge in [0.1, 0.15) is 17.3 Å². The molecule has 1 aliphatic rings. The summed E-state index contributed by atoms with van der Waals surface area (Å²) in [5.41, 5.74) is 3.13. The average molecular weight is 539 g/mol. The van der Waals surface area contributed by atoms with Crippen LogP contribution >= 0.6 is 27.3 Å². The van der Waals surface area contributed by atoms with Crippen LogP contribution in [0, 0.1) is 5.82 Å². The second-order valence-corrected chi connectivity index (χ2v) is 9.05. The van der Waals surface area contributed by atoms with Crippen LogP contribution in [-0.4, -0.2) is 28.5 Å². The minimum atomic E-state index is -0.347. The van der Waals surface area contributed by atoms with Crippen molar-refractivity contribution in [3.63, 3.8) is 0 Å². The van der Waals surface area contributed by atoms with Crippen LogP contribution in [0.2, 0.25) is 0 Å². The fourth-order valence-electron chi connectivity index (χ4n) is 3.30. The van der Waals surface area contributed by atoms with E-state index in [2.05, 4.69) is 31.3 Å². The molecule has 0 spiro atoms. The molecule has 0 fully saturated rings. The number of anilines is 1. The normalized spacial score (nSPS) is 13.6. The van der Waals surface area contributed by atoms with Crippen molar-refractivity contribution in [2.75, 3.05) is 11.9 Å². The van der Waals surface area contributed by atoms with E-state index in [0.29, 0.717) is 33.2 Å². The maximum absolute atomic E-state index is 13.3. The number of hydrogen-bond acceptors (Lipinski definition) is 6. The van der Waals surface area contributed by atoms with Gasteiger partial charge in [0.15, 0.2) is 6.61 Å². The lowest BCUT2D eigenvalue weighted by Crippen LogP contribution is -2.25. The van der Waals surface area contributed by atoms with Crippen LogP contribution in [0.15, 0.2) is 80.6 Å². The van der Waals surface area contributed by atoms with E-state index >= 15 is 0 Å². The summed E-state index contributed by atoms with van der Waals surface area (Å²) in [6.45, 7) is -0.0219. The van der Waals surface area contributed by atoms with E-state index in [1.165, 1.54) is 29.7 Å². The predicted octanol–water partition coefficient (Wildman–Crippen LogP) is 5.27. The fourth-order valence-corrected chi connectivity index (χ4v) is 4.54. The number of carbonyl (C=O) groups excluding carboxylic acids is 1. The molecular formula is C24H16BrFN4O3S. The topological polar surface area (TPSA) is 88.2 Å². The number of amides is 1. The summed E-state index contributed by atoms with van der Waals surface area (Å²) in [7, 11) is 0. The highest BCUT2D eigenvalue weighted by Gasteiger charge is 2.18. The van der Waals surface area contributed by atoms with Gasteiger partial charge >= 0.3 is 0 Å². The van der Waals surface area contributed by atoms with Gasteiger partial charge in [-0.1, -0.05) is 15.9 Å². The second kappa shape index (κ2) is 9.24. The highest BCUT2D eigenvalue weighted by molar-refractivity contribution is 9.10. The Balaban J connectivity index is 1.64. The molecule has 5 rings (SSSR count). The molecular weight excluding hydrogens is 523 g/mol. The minimum Gasteiger partial charge on any atom is -0.507 e. The number of ether oxygens (including phenoxy) is 1. The molecule has 4 aromatic rings. The number of fused-ring (bicyclic) bond motifs is 1. The molecule has 2 N–H and O–H groups in total. The van der Waals surface area contributed by atoms with E-state index in [9.17, 15) is 14.3 Å². The van der Waals surface area contributed by atoms with Gasteiger partial charge in [0, 0.05) is 21.0 Å². The lowest BCUT2D eigenvalue weighted by atomic mass is 10.1. The van der Waals surface area contributed by atoms with Crippen LogP contribution in [0.4, 0.5) is 15.8 Å². The highest BCUT2D eigenvalue weighted by atomic mass is 79.9. The minimum absolute atomic E-state index is 0.0219. The van der Waals surface area contributed by atoms with Crippen molar-refractivity contribution in [2.24, 2.45) is 10.1 Å². The molecule has 1 aliphatic heterocycles. The van der Waals surface area contributed by atoms with E-state index in [1.807, 2.05) is 11.4 Å². The summed E-state index contributed by atoms with van der Waals surface area (Å²) in [5.74, 6) is 0.0945. The summed E-state index contributed by atoms with van der Waals surface area (Å²) >= 11 is 4.75. The molecule has 7 nitrogen and oxygen atoms in total. The number of hydrogen-bond donors (Lipinski definition) is 2. The van der Waals surface area contributed by atoms with E-state index in [1.54, 1.807) is 47.1 Å². The van der Waals surface area contributed by atoms with Crippen molar-refractivity contribution >= 4 is 50.8 Å². The van der Waals surface area contributed by atoms with Crippen LogP contribution in [0.25, 0.3) is 11.3 Å². The third-order valence-corrected chi connectivity index (χ3v) is 6.26. The zero-order chi connectivity index (χ0) is 23.7. The van der Waals surface area contributed by atoms with Gasteiger partial charge in [0.2, 0.25) is 4.80 Å². The first-order valence-electron chi connectivity index (χ1n) is 10.1. The Morgan fingerprint density at radius 3 is 2.79 bits per heavy atom. The third-order valence-electron chi connectivity index (χ3n) is 4.95. The SMILES string of the molecule is O=C1COc2ccc(-c3csc(=Nc4ccc(F)cc4)n3N=Cc3cc(Br)ccc3O)cc2N1. The number of phenolic OH excluding ortho intramolecular Hbond substituents is 1. The molecule has 0 unspecified atom stereocenters. The Morgan fingerprint density at radius 1 is 1.15 bits per heavy atom. The zero-order valence-electron chi connectivity index (χ0n) is 17.4. The Hall–Kier alpha value is -3.76. The number of nitrogens with zero attached hydrogens (tertiary/aromatic N) is 3. The Kier molecular flexibility index (Phi) is 5.99. The molecule has 170 valence electrons. The number of benzene rings is 3. The molecule has 0 aliphatic carbocycles. The van der Waals surface area contributed by atoms with Crippen molar-refractivity contribution in [3.05, 3.63) is 86.7 Å². The van der Waals surface area contributed by atoms with Gasteiger partial charge in [0.05, 0.1) is 23.3 Å². The summed E-state index contributed by atoms with van der Waals surface area (Å²) in [4.78, 5) is 16.9. The molecule has 1 aromatic heterocycles. The fraction of sp³-hybridized carbons (Fsp3) is 0.0417. The van der Waals surface area contributed by atoms with Gasteiger partial charge in [-0.2, -0.15) is 5.10 Å². The Morgan fingerprint density at radius 2 is 1.97 bits per heavy atom. The number of carbonyl (C=O) groups is 1. The predicted molar refractivity (Wildman–Crippen MR) is 132 cm³/mol. The van der Waals surface area contributed by atoms with E-state index in [4.69, 9.17) is 4.74 Å². The maximum Gasteiger partial charge on any atom is 0.262 e. The highest BCUT2D eigenvalue weighted by Crippen LogP contribution is 2.33. The standard InChI is InChI=1S/C24H16BrFN4O3S/c25-16-2-7-21(31)15(9-16)11-27-30-20(13-34-24(30)28-18-5-3-17(26)4-6-18)14-1-8-22-19(10-14)29-23(32)12-33-22/h1-11,13,31H,12H2,(H,29,32). The number of rotatable bonds is 4. The second-order valence-electron chi connectivity index (χ2n) is 7.30. The van der Waals surface area contributed by atoms with E-state index < -0.39 is 0 Å². The molecule has 10 heteroatoms. The maximum atomic E-state index is 13.3. The molecule has 1 amide bonds. The number of halogens is 2. The molecule has 0 atom stereocenters. The molecule has 0 radical (unpaired) electrons. The number of thiazole rings is 1. The van der Waals surface area contributed by atoms with Crippen LogP contribution in [0.5, 0.6) is 11.5 Å². The molecule has 0 saturated heterocycles. The lowest BCUT2D eigenvalue weighted by molar-refractivity contribution is -0.118. The quantitative estimate of drug-likeness (QED) is 0.347. The number of aromatic hydroxyl groups is 1. The monoisotopic (exact) mass is 538 g/mol. The molecule has 34 heavy (non-hydrogen) atoms. The number of aromatic nitrogens is 1. The van der Waals surface area contributed by atoms with Gasteiger partial charge in [-0.3, -0.25) is 4.79 Å². The number of phenols is 1. The number of nitrogens with one attached hydrogen (secondary N) is 1. The van der Waals surface area contributed by atoms with Crippen LogP contribution in [0.1, 0.15) is 5.56 Å². The summed E-state index contributed by atoms with van der Waals surface area (Å²) in [6, 6.07) is 16.3. The largest absolute Gasteiger partial charge is 0.507 e. The summed E-state index contributed by atoms with van der Waals surface area (Å²) in [6.07, 6.45) is 1.53. The Bertz CT molecular complexity index is 1500. The molecule has 2 heterocycles. The van der Waals surface area contributed by atoms with Crippen molar-refractivity contribution in [1.29, 1.82) is 0 Å². The van der Waals surface area contributed by atoms with Crippen LogP contribution < -0.4 is 14.9 Å². The first-order chi connectivity index (χ1) is 16.5. The van der Waals surface area contributed by atoms with Crippen molar-refractivity contribution in [3.8, 4) is 22.8 Å².